The molecule has 0 bridgehead atoms. The van der Waals surface area contributed by atoms with Gasteiger partial charge in [-0.25, -0.2) is 4.39 Å². The number of aliphatic hydroxyl groups excluding tert-OH is 1. The van der Waals surface area contributed by atoms with E-state index in [9.17, 15) is 14.3 Å². The van der Waals surface area contributed by atoms with E-state index in [0.29, 0.717) is 18.4 Å². The van der Waals surface area contributed by atoms with Gasteiger partial charge in [0.25, 0.3) is 0 Å². The standard InChI is InChI=1S/C12H15FO2/c1-9(8-14)2-7-12(15)10-3-5-11(13)6-4-10/h3-6,8-9,12,15H,2,7H2,1H3/t9-,12-/m0/s1. The minimum absolute atomic E-state index is 0.0416. The van der Waals surface area contributed by atoms with Crippen molar-refractivity contribution in [2.45, 2.75) is 25.9 Å². The summed E-state index contributed by atoms with van der Waals surface area (Å²) in [6, 6.07) is 5.76. The summed E-state index contributed by atoms with van der Waals surface area (Å²) in [6.07, 6.45) is 1.42. The first kappa shape index (κ1) is 11.9. The van der Waals surface area contributed by atoms with Crippen LogP contribution in [0.4, 0.5) is 4.39 Å². The Morgan fingerprint density at radius 3 is 2.47 bits per heavy atom. The smallest absolute Gasteiger partial charge is 0.123 e. The third-order valence-electron chi connectivity index (χ3n) is 2.38. The molecule has 0 fully saturated rings. The molecule has 0 aliphatic carbocycles. The number of aliphatic hydroxyl groups is 1. The number of halogens is 1. The zero-order valence-corrected chi connectivity index (χ0v) is 8.69. The molecule has 0 aliphatic heterocycles. The lowest BCUT2D eigenvalue weighted by Crippen LogP contribution is -2.02. The molecule has 82 valence electrons. The minimum atomic E-state index is -0.618. The van der Waals surface area contributed by atoms with Gasteiger partial charge in [-0.15, -0.1) is 0 Å². The van der Waals surface area contributed by atoms with Gasteiger partial charge in [0.2, 0.25) is 0 Å². The molecule has 15 heavy (non-hydrogen) atoms. The zero-order chi connectivity index (χ0) is 11.3. The van der Waals surface area contributed by atoms with E-state index in [4.69, 9.17) is 0 Å². The summed E-state index contributed by atoms with van der Waals surface area (Å²) in [5.41, 5.74) is 0.689. The van der Waals surface area contributed by atoms with Gasteiger partial charge in [-0.1, -0.05) is 19.1 Å². The fraction of sp³-hybridized carbons (Fsp3) is 0.417. The first-order valence-corrected chi connectivity index (χ1v) is 5.02. The number of hydrogen-bond donors (Lipinski definition) is 1. The van der Waals surface area contributed by atoms with E-state index in [1.165, 1.54) is 12.1 Å². The quantitative estimate of drug-likeness (QED) is 0.758. The Hall–Kier alpha value is -1.22. The predicted molar refractivity (Wildman–Crippen MR) is 55.8 cm³/mol. The highest BCUT2D eigenvalue weighted by Crippen LogP contribution is 2.20. The molecule has 1 aromatic rings. The Kier molecular flexibility index (Phi) is 4.43. The highest BCUT2D eigenvalue weighted by molar-refractivity contribution is 5.52. The number of aldehydes is 1. The Morgan fingerprint density at radius 2 is 1.93 bits per heavy atom. The Labute approximate surface area is 88.7 Å². The predicted octanol–water partition coefficient (Wildman–Crippen LogP) is 2.47. The van der Waals surface area contributed by atoms with E-state index in [1.807, 2.05) is 6.92 Å². The fourth-order valence-corrected chi connectivity index (χ4v) is 1.34. The van der Waals surface area contributed by atoms with Crippen molar-refractivity contribution in [3.05, 3.63) is 35.6 Å². The van der Waals surface area contributed by atoms with Crippen LogP contribution in [-0.4, -0.2) is 11.4 Å². The van der Waals surface area contributed by atoms with Crippen molar-refractivity contribution in [3.8, 4) is 0 Å². The maximum atomic E-state index is 12.6. The lowest BCUT2D eigenvalue weighted by molar-refractivity contribution is -0.110. The van der Waals surface area contributed by atoms with Gasteiger partial charge in [0.05, 0.1) is 6.10 Å². The van der Waals surface area contributed by atoms with Gasteiger partial charge in [0.1, 0.15) is 12.1 Å². The van der Waals surface area contributed by atoms with Crippen LogP contribution in [-0.2, 0) is 4.79 Å². The van der Waals surface area contributed by atoms with Gasteiger partial charge in [0, 0.05) is 5.92 Å². The first-order chi connectivity index (χ1) is 7.13. The van der Waals surface area contributed by atoms with Crippen LogP contribution in [0.25, 0.3) is 0 Å². The van der Waals surface area contributed by atoms with Crippen molar-refractivity contribution in [2.24, 2.45) is 5.92 Å². The van der Waals surface area contributed by atoms with E-state index in [1.54, 1.807) is 12.1 Å². The molecule has 0 amide bonds. The second-order valence-electron chi connectivity index (χ2n) is 3.76. The third-order valence-corrected chi connectivity index (χ3v) is 2.38. The SMILES string of the molecule is C[C@H](C=O)CC[C@H](O)c1ccc(F)cc1. The van der Waals surface area contributed by atoms with Crippen molar-refractivity contribution in [1.29, 1.82) is 0 Å². The van der Waals surface area contributed by atoms with Gasteiger partial charge in [0.15, 0.2) is 0 Å². The molecule has 0 spiro atoms. The topological polar surface area (TPSA) is 37.3 Å². The minimum Gasteiger partial charge on any atom is -0.388 e. The van der Waals surface area contributed by atoms with Crippen molar-refractivity contribution in [3.63, 3.8) is 0 Å². The van der Waals surface area contributed by atoms with E-state index in [0.717, 1.165) is 6.29 Å². The first-order valence-electron chi connectivity index (χ1n) is 5.02. The van der Waals surface area contributed by atoms with Gasteiger partial charge >= 0.3 is 0 Å². The molecular weight excluding hydrogens is 195 g/mol. The van der Waals surface area contributed by atoms with Crippen LogP contribution in [0.5, 0.6) is 0 Å². The van der Waals surface area contributed by atoms with Crippen LogP contribution in [0.15, 0.2) is 24.3 Å². The number of benzene rings is 1. The summed E-state index contributed by atoms with van der Waals surface area (Å²) < 4.78 is 12.6. The van der Waals surface area contributed by atoms with Crippen molar-refractivity contribution in [2.75, 3.05) is 0 Å². The molecular formula is C12H15FO2. The largest absolute Gasteiger partial charge is 0.388 e. The number of hydrogen-bond acceptors (Lipinski definition) is 2. The number of carbonyl (C=O) groups excluding carboxylic acids is 1. The highest BCUT2D eigenvalue weighted by Gasteiger charge is 2.09. The van der Waals surface area contributed by atoms with Gasteiger partial charge in [-0.3, -0.25) is 0 Å². The average Bonchev–Trinajstić information content (AvgIpc) is 2.26. The van der Waals surface area contributed by atoms with Crippen LogP contribution in [0, 0.1) is 11.7 Å². The molecule has 0 saturated heterocycles. The normalized spacial score (nSPS) is 14.6. The maximum absolute atomic E-state index is 12.6. The fourth-order valence-electron chi connectivity index (χ4n) is 1.34. The molecule has 2 atom stereocenters. The summed E-state index contributed by atoms with van der Waals surface area (Å²) in [5.74, 6) is -0.354. The molecule has 1 N–H and O–H groups in total. The van der Waals surface area contributed by atoms with Crippen LogP contribution in [0.2, 0.25) is 0 Å². The summed E-state index contributed by atoms with van der Waals surface area (Å²) >= 11 is 0. The van der Waals surface area contributed by atoms with Crippen LogP contribution in [0.1, 0.15) is 31.4 Å². The molecule has 0 unspecified atom stereocenters. The second-order valence-corrected chi connectivity index (χ2v) is 3.76. The van der Waals surface area contributed by atoms with E-state index in [-0.39, 0.29) is 11.7 Å². The lowest BCUT2D eigenvalue weighted by atomic mass is 10.00. The Balaban J connectivity index is 2.49. The molecule has 0 aromatic heterocycles. The monoisotopic (exact) mass is 210 g/mol. The van der Waals surface area contributed by atoms with Crippen LogP contribution < -0.4 is 0 Å². The Morgan fingerprint density at radius 1 is 1.33 bits per heavy atom. The van der Waals surface area contributed by atoms with Gasteiger partial charge < -0.3 is 9.90 Å². The zero-order valence-electron chi connectivity index (χ0n) is 8.69. The third kappa shape index (κ3) is 3.80. The average molecular weight is 210 g/mol. The lowest BCUT2D eigenvalue weighted by Gasteiger charge is -2.11. The van der Waals surface area contributed by atoms with Crippen molar-refractivity contribution < 1.29 is 14.3 Å². The molecule has 1 aromatic carbocycles. The molecule has 0 aliphatic rings. The molecule has 1 rings (SSSR count). The second kappa shape index (κ2) is 5.61. The highest BCUT2D eigenvalue weighted by atomic mass is 19.1. The van der Waals surface area contributed by atoms with Crippen LogP contribution in [0.3, 0.4) is 0 Å². The molecule has 0 saturated carbocycles. The van der Waals surface area contributed by atoms with Gasteiger partial charge in [-0.2, -0.15) is 0 Å². The van der Waals surface area contributed by atoms with Crippen molar-refractivity contribution >= 4 is 6.29 Å². The van der Waals surface area contributed by atoms with Gasteiger partial charge in [-0.05, 0) is 30.5 Å². The summed E-state index contributed by atoms with van der Waals surface area (Å²) in [5, 5.41) is 9.72. The maximum Gasteiger partial charge on any atom is 0.123 e. The molecule has 0 radical (unpaired) electrons. The van der Waals surface area contributed by atoms with E-state index >= 15 is 0 Å². The summed E-state index contributed by atoms with van der Waals surface area (Å²) in [4.78, 5) is 10.4. The molecule has 0 heterocycles. The Bertz CT molecular complexity index is 308. The van der Waals surface area contributed by atoms with Crippen LogP contribution >= 0.6 is 0 Å². The number of rotatable bonds is 5. The molecule has 3 heteroatoms. The molecule has 2 nitrogen and oxygen atoms in total. The summed E-state index contributed by atoms with van der Waals surface area (Å²) in [6.45, 7) is 1.81. The number of carbonyl (C=O) groups is 1. The van der Waals surface area contributed by atoms with Crippen molar-refractivity contribution in [1.82, 2.24) is 0 Å². The van der Waals surface area contributed by atoms with E-state index < -0.39 is 6.10 Å². The van der Waals surface area contributed by atoms with E-state index in [2.05, 4.69) is 0 Å². The summed E-state index contributed by atoms with van der Waals surface area (Å²) in [7, 11) is 0.